The minimum Gasteiger partial charge on any atom is -0.352 e. The summed E-state index contributed by atoms with van der Waals surface area (Å²) in [5, 5.41) is 3.03. The smallest absolute Gasteiger partial charge is 0.220 e. The second kappa shape index (κ2) is 5.15. The number of rotatable bonds is 3. The third kappa shape index (κ3) is 2.95. The van der Waals surface area contributed by atoms with Gasteiger partial charge in [-0.2, -0.15) is 0 Å². The first-order valence-electron chi connectivity index (χ1n) is 6.42. The topological polar surface area (TPSA) is 58.4 Å². The molecular formula is C12H23N3O. The average Bonchev–Trinajstić information content (AvgIpc) is 2.64. The largest absolute Gasteiger partial charge is 0.352 e. The Bertz CT molecular complexity index is 255. The molecule has 2 aliphatic rings. The van der Waals surface area contributed by atoms with Gasteiger partial charge in [-0.1, -0.05) is 0 Å². The Kier molecular flexibility index (Phi) is 3.82. The molecule has 0 radical (unpaired) electrons. The van der Waals surface area contributed by atoms with Gasteiger partial charge in [-0.15, -0.1) is 0 Å². The van der Waals surface area contributed by atoms with Gasteiger partial charge in [0, 0.05) is 31.6 Å². The molecule has 4 nitrogen and oxygen atoms in total. The second-order valence-electron chi connectivity index (χ2n) is 5.32. The van der Waals surface area contributed by atoms with Gasteiger partial charge in [0.15, 0.2) is 0 Å². The first kappa shape index (κ1) is 11.9. The summed E-state index contributed by atoms with van der Waals surface area (Å²) < 4.78 is 0. The zero-order valence-corrected chi connectivity index (χ0v) is 10.1. The molecule has 4 heteroatoms. The molecule has 0 aliphatic carbocycles. The molecule has 0 aromatic heterocycles. The third-order valence-corrected chi connectivity index (χ3v) is 3.85. The average molecular weight is 225 g/mol. The number of nitrogens with two attached hydrogens (primary N) is 1. The van der Waals surface area contributed by atoms with E-state index in [-0.39, 0.29) is 5.91 Å². The van der Waals surface area contributed by atoms with Crippen molar-refractivity contribution in [2.45, 2.75) is 44.7 Å². The number of likely N-dealkylation sites (tertiary alicyclic amines) is 1. The first-order valence-corrected chi connectivity index (χ1v) is 6.42. The van der Waals surface area contributed by atoms with Crippen molar-refractivity contribution >= 4 is 5.91 Å². The molecule has 3 atom stereocenters. The quantitative estimate of drug-likeness (QED) is 0.727. The zero-order chi connectivity index (χ0) is 11.5. The van der Waals surface area contributed by atoms with E-state index in [1.807, 2.05) is 0 Å². The van der Waals surface area contributed by atoms with E-state index in [0.717, 1.165) is 26.1 Å². The third-order valence-electron chi connectivity index (χ3n) is 3.85. The van der Waals surface area contributed by atoms with Crippen LogP contribution in [-0.4, -0.2) is 42.5 Å². The Balaban J connectivity index is 1.79. The Morgan fingerprint density at radius 2 is 2.38 bits per heavy atom. The van der Waals surface area contributed by atoms with Crippen LogP contribution in [0.1, 0.15) is 32.6 Å². The molecule has 92 valence electrons. The van der Waals surface area contributed by atoms with Gasteiger partial charge < -0.3 is 16.0 Å². The molecule has 2 fully saturated rings. The van der Waals surface area contributed by atoms with Gasteiger partial charge in [-0.05, 0) is 38.6 Å². The van der Waals surface area contributed by atoms with Crippen LogP contribution in [0.4, 0.5) is 0 Å². The first-order chi connectivity index (χ1) is 7.65. The number of carbonyl (C=O) groups excluding carboxylic acids is 1. The number of carbonyl (C=O) groups is 1. The summed E-state index contributed by atoms with van der Waals surface area (Å²) in [4.78, 5) is 13.6. The minimum atomic E-state index is 0.214. The van der Waals surface area contributed by atoms with Crippen molar-refractivity contribution < 1.29 is 4.79 Å². The van der Waals surface area contributed by atoms with Gasteiger partial charge in [0.2, 0.25) is 5.91 Å². The van der Waals surface area contributed by atoms with Crippen LogP contribution in [0, 0.1) is 5.92 Å². The predicted molar refractivity (Wildman–Crippen MR) is 64.0 cm³/mol. The van der Waals surface area contributed by atoms with Crippen molar-refractivity contribution in [2.75, 3.05) is 19.6 Å². The van der Waals surface area contributed by atoms with E-state index >= 15 is 0 Å². The van der Waals surface area contributed by atoms with Crippen molar-refractivity contribution in [3.05, 3.63) is 0 Å². The lowest BCUT2D eigenvalue weighted by Crippen LogP contribution is -2.46. The summed E-state index contributed by atoms with van der Waals surface area (Å²) in [7, 11) is 0. The summed E-state index contributed by atoms with van der Waals surface area (Å²) in [5.41, 5.74) is 5.96. The summed E-state index contributed by atoms with van der Waals surface area (Å²) in [6.45, 7) is 5.38. The number of piperidine rings is 1. The van der Waals surface area contributed by atoms with E-state index in [0.29, 0.717) is 24.4 Å². The molecule has 0 bridgehead atoms. The molecule has 0 aromatic rings. The Labute approximate surface area is 97.6 Å². The predicted octanol–water partition coefficient (Wildman–Crippen LogP) is 0.324. The Morgan fingerprint density at radius 1 is 1.56 bits per heavy atom. The Morgan fingerprint density at radius 3 is 3.00 bits per heavy atom. The number of amides is 1. The van der Waals surface area contributed by atoms with Crippen molar-refractivity contribution in [3.63, 3.8) is 0 Å². The molecule has 2 aliphatic heterocycles. The Hall–Kier alpha value is -0.610. The minimum absolute atomic E-state index is 0.214. The molecule has 0 saturated carbocycles. The fourth-order valence-corrected chi connectivity index (χ4v) is 2.81. The van der Waals surface area contributed by atoms with Crippen molar-refractivity contribution in [3.8, 4) is 0 Å². The molecular weight excluding hydrogens is 202 g/mol. The van der Waals surface area contributed by atoms with Crippen LogP contribution in [-0.2, 0) is 4.79 Å². The molecule has 16 heavy (non-hydrogen) atoms. The van der Waals surface area contributed by atoms with Crippen LogP contribution in [0.3, 0.4) is 0 Å². The van der Waals surface area contributed by atoms with Gasteiger partial charge in [0.25, 0.3) is 0 Å². The maximum absolute atomic E-state index is 11.1. The number of nitrogens with one attached hydrogen (secondary N) is 1. The lowest BCUT2D eigenvalue weighted by atomic mass is 9.92. The van der Waals surface area contributed by atoms with Gasteiger partial charge in [-0.3, -0.25) is 4.79 Å². The van der Waals surface area contributed by atoms with E-state index in [2.05, 4.69) is 17.1 Å². The molecule has 2 heterocycles. The van der Waals surface area contributed by atoms with Gasteiger partial charge in [0.1, 0.15) is 0 Å². The van der Waals surface area contributed by atoms with Crippen LogP contribution in [0.25, 0.3) is 0 Å². The second-order valence-corrected chi connectivity index (χ2v) is 5.32. The summed E-state index contributed by atoms with van der Waals surface area (Å²) in [6.07, 6.45) is 4.20. The maximum atomic E-state index is 11.1. The van der Waals surface area contributed by atoms with E-state index in [1.54, 1.807) is 0 Å². The molecule has 0 spiro atoms. The number of hydrogen-bond acceptors (Lipinski definition) is 3. The van der Waals surface area contributed by atoms with Crippen LogP contribution in [0.15, 0.2) is 0 Å². The fraction of sp³-hybridized carbons (Fsp3) is 0.917. The van der Waals surface area contributed by atoms with Crippen LogP contribution >= 0.6 is 0 Å². The maximum Gasteiger partial charge on any atom is 0.220 e. The highest BCUT2D eigenvalue weighted by Gasteiger charge is 2.27. The molecule has 2 saturated heterocycles. The van der Waals surface area contributed by atoms with Gasteiger partial charge in [-0.25, -0.2) is 0 Å². The molecule has 0 aromatic carbocycles. The fourth-order valence-electron chi connectivity index (χ4n) is 2.81. The summed E-state index contributed by atoms with van der Waals surface area (Å²) in [6, 6.07) is 0.667. The van der Waals surface area contributed by atoms with Crippen LogP contribution in [0.5, 0.6) is 0 Å². The zero-order valence-electron chi connectivity index (χ0n) is 10.1. The highest BCUT2D eigenvalue weighted by Crippen LogP contribution is 2.20. The molecule has 3 unspecified atom stereocenters. The highest BCUT2D eigenvalue weighted by molar-refractivity contribution is 5.78. The lowest BCUT2D eigenvalue weighted by Gasteiger charge is -2.35. The lowest BCUT2D eigenvalue weighted by molar-refractivity contribution is -0.119. The normalized spacial score (nSPS) is 33.8. The van der Waals surface area contributed by atoms with E-state index in [9.17, 15) is 4.79 Å². The van der Waals surface area contributed by atoms with E-state index in [1.165, 1.54) is 12.8 Å². The summed E-state index contributed by atoms with van der Waals surface area (Å²) in [5.74, 6) is 0.844. The van der Waals surface area contributed by atoms with Crippen LogP contribution < -0.4 is 11.1 Å². The SMILES string of the molecule is CC(N)C1CCCN(CC2CCC(=O)N2)C1. The highest BCUT2D eigenvalue weighted by atomic mass is 16.1. The van der Waals surface area contributed by atoms with Crippen molar-refractivity contribution in [1.29, 1.82) is 0 Å². The standard InChI is InChI=1S/C12H23N3O/c1-9(13)10-3-2-6-15(7-10)8-11-4-5-12(16)14-11/h9-11H,2-8,13H2,1H3,(H,14,16). The molecule has 2 rings (SSSR count). The number of hydrogen-bond donors (Lipinski definition) is 2. The van der Waals surface area contributed by atoms with Crippen molar-refractivity contribution in [1.82, 2.24) is 10.2 Å². The monoisotopic (exact) mass is 225 g/mol. The van der Waals surface area contributed by atoms with Crippen molar-refractivity contribution in [2.24, 2.45) is 11.7 Å². The summed E-state index contributed by atoms with van der Waals surface area (Å²) >= 11 is 0. The van der Waals surface area contributed by atoms with Gasteiger partial charge >= 0.3 is 0 Å². The van der Waals surface area contributed by atoms with Crippen LogP contribution in [0.2, 0.25) is 0 Å². The molecule has 1 amide bonds. The molecule has 3 N–H and O–H groups in total. The van der Waals surface area contributed by atoms with Gasteiger partial charge in [0.05, 0.1) is 0 Å². The van der Waals surface area contributed by atoms with E-state index in [4.69, 9.17) is 5.73 Å². The van der Waals surface area contributed by atoms with E-state index < -0.39 is 0 Å². The number of nitrogens with zero attached hydrogens (tertiary/aromatic N) is 1.